The van der Waals surface area contributed by atoms with Gasteiger partial charge in [0.15, 0.2) is 5.78 Å². The van der Waals surface area contributed by atoms with Crippen molar-refractivity contribution in [3.05, 3.63) is 82.9 Å². The molecule has 0 saturated heterocycles. The van der Waals surface area contributed by atoms with Crippen LogP contribution in [0.1, 0.15) is 40.9 Å². The second-order valence-electron chi connectivity index (χ2n) is 6.46. The molecule has 0 radical (unpaired) electrons. The van der Waals surface area contributed by atoms with E-state index >= 15 is 0 Å². The van der Waals surface area contributed by atoms with E-state index in [1.54, 1.807) is 0 Å². The topological polar surface area (TPSA) is 26.3 Å². The van der Waals surface area contributed by atoms with Crippen molar-refractivity contribution >= 4 is 5.78 Å². The predicted octanol–water partition coefficient (Wildman–Crippen LogP) is 4.14. The number of fused-ring (bicyclic) bond motifs is 5. The number of ether oxygens (including phenoxy) is 1. The van der Waals surface area contributed by atoms with Gasteiger partial charge >= 0.3 is 0 Å². The van der Waals surface area contributed by atoms with Crippen molar-refractivity contribution in [3.8, 4) is 0 Å². The fraction of sp³-hybridized carbons (Fsp3) is 0.250. The van der Waals surface area contributed by atoms with Crippen molar-refractivity contribution in [1.82, 2.24) is 0 Å². The summed E-state index contributed by atoms with van der Waals surface area (Å²) in [5.74, 6) is 0.148. The highest BCUT2D eigenvalue weighted by Gasteiger charge is 2.51. The minimum Gasteiger partial charge on any atom is -0.351 e. The Kier molecular flexibility index (Phi) is 2.70. The van der Waals surface area contributed by atoms with E-state index in [0.717, 1.165) is 11.1 Å². The third-order valence-electron chi connectivity index (χ3n) is 4.77. The first-order valence-electron chi connectivity index (χ1n) is 7.63. The number of benzene rings is 2. The number of Topliss-reactive ketones (excluding diaryl/α,β-unsaturated/α-hetero) is 1. The van der Waals surface area contributed by atoms with Crippen LogP contribution < -0.4 is 0 Å². The van der Waals surface area contributed by atoms with Crippen LogP contribution in [0.3, 0.4) is 0 Å². The van der Waals surface area contributed by atoms with Crippen LogP contribution in [0.5, 0.6) is 0 Å². The van der Waals surface area contributed by atoms with Crippen LogP contribution >= 0.6 is 0 Å². The summed E-state index contributed by atoms with van der Waals surface area (Å²) in [6.45, 7) is 4.17. The van der Waals surface area contributed by atoms with Crippen molar-refractivity contribution in [2.75, 3.05) is 0 Å². The van der Waals surface area contributed by atoms with Crippen LogP contribution in [0.2, 0.25) is 0 Å². The molecule has 2 bridgehead atoms. The first-order chi connectivity index (χ1) is 10.5. The first kappa shape index (κ1) is 13.5. The van der Waals surface area contributed by atoms with E-state index in [0.29, 0.717) is 6.42 Å². The number of rotatable bonds is 3. The molecule has 2 aliphatic heterocycles. The highest BCUT2D eigenvalue weighted by molar-refractivity contribution is 5.97. The Morgan fingerprint density at radius 1 is 0.955 bits per heavy atom. The molecular weight excluding hydrogens is 272 g/mol. The third kappa shape index (κ3) is 1.80. The second-order valence-corrected chi connectivity index (χ2v) is 6.46. The van der Waals surface area contributed by atoms with Crippen LogP contribution in [-0.2, 0) is 22.4 Å². The predicted molar refractivity (Wildman–Crippen MR) is 85.8 cm³/mol. The standard InChI is InChI=1S/C20H18O2/c1-19-11-12-20(2,22-19)18-15(9-6-10-16(18)19)13-17(21)14-7-4-3-5-8-14/h3-12H,13H2,1-2H3. The maximum Gasteiger partial charge on any atom is 0.167 e. The second kappa shape index (κ2) is 4.40. The van der Waals surface area contributed by atoms with Gasteiger partial charge in [-0.3, -0.25) is 4.79 Å². The van der Waals surface area contributed by atoms with Crippen LogP contribution in [0.15, 0.2) is 60.7 Å². The Morgan fingerprint density at radius 3 is 2.45 bits per heavy atom. The number of hydrogen-bond donors (Lipinski definition) is 0. The molecule has 2 nitrogen and oxygen atoms in total. The maximum absolute atomic E-state index is 12.5. The fourth-order valence-corrected chi connectivity index (χ4v) is 3.75. The first-order valence-corrected chi connectivity index (χ1v) is 7.63. The van der Waals surface area contributed by atoms with Gasteiger partial charge in [-0.2, -0.15) is 0 Å². The summed E-state index contributed by atoms with van der Waals surface area (Å²) < 4.78 is 6.22. The smallest absolute Gasteiger partial charge is 0.167 e. The molecule has 0 amide bonds. The summed E-state index contributed by atoms with van der Waals surface area (Å²) in [6, 6.07) is 15.7. The van der Waals surface area contributed by atoms with Gasteiger partial charge in [-0.25, -0.2) is 0 Å². The number of hydrogen-bond acceptors (Lipinski definition) is 2. The minimum atomic E-state index is -0.405. The SMILES string of the molecule is CC12C=CC(C)(O1)c1c(CC(=O)c3ccccc3)cccc12. The van der Waals surface area contributed by atoms with Gasteiger partial charge < -0.3 is 4.74 Å². The molecule has 2 aromatic carbocycles. The number of ketones is 1. The Morgan fingerprint density at radius 2 is 1.68 bits per heavy atom. The molecule has 0 spiro atoms. The van der Waals surface area contributed by atoms with E-state index in [4.69, 9.17) is 4.74 Å². The molecule has 4 rings (SSSR count). The highest BCUT2D eigenvalue weighted by Crippen LogP contribution is 2.54. The highest BCUT2D eigenvalue weighted by atomic mass is 16.5. The Bertz CT molecular complexity index is 791. The van der Waals surface area contributed by atoms with Crippen molar-refractivity contribution in [3.63, 3.8) is 0 Å². The molecule has 0 N–H and O–H groups in total. The summed E-state index contributed by atoms with van der Waals surface area (Å²) in [5.41, 5.74) is 3.44. The average Bonchev–Trinajstić information content (AvgIpc) is 2.96. The molecule has 0 fully saturated rings. The molecule has 22 heavy (non-hydrogen) atoms. The van der Waals surface area contributed by atoms with Crippen LogP contribution in [0.4, 0.5) is 0 Å². The lowest BCUT2D eigenvalue weighted by Gasteiger charge is -2.21. The molecule has 2 aromatic rings. The molecule has 0 aromatic heterocycles. The molecule has 0 saturated carbocycles. The van der Waals surface area contributed by atoms with Crippen molar-refractivity contribution in [2.45, 2.75) is 31.5 Å². The summed E-state index contributed by atoms with van der Waals surface area (Å²) in [5, 5.41) is 0. The molecule has 2 atom stereocenters. The molecule has 0 aliphatic carbocycles. The summed E-state index contributed by atoms with van der Waals surface area (Å²) in [4.78, 5) is 12.5. The van der Waals surface area contributed by atoms with E-state index < -0.39 is 5.60 Å². The average molecular weight is 290 g/mol. The van der Waals surface area contributed by atoms with Gasteiger partial charge in [0.1, 0.15) is 11.2 Å². The Balaban J connectivity index is 1.75. The fourth-order valence-electron chi connectivity index (χ4n) is 3.75. The minimum absolute atomic E-state index is 0.148. The van der Waals surface area contributed by atoms with Crippen molar-refractivity contribution in [2.24, 2.45) is 0 Å². The van der Waals surface area contributed by atoms with Gasteiger partial charge in [0, 0.05) is 12.0 Å². The van der Waals surface area contributed by atoms with E-state index in [2.05, 4.69) is 32.1 Å². The van der Waals surface area contributed by atoms with Crippen LogP contribution in [0.25, 0.3) is 0 Å². The summed E-state index contributed by atoms with van der Waals surface area (Å²) in [6.07, 6.45) is 4.65. The van der Waals surface area contributed by atoms with Crippen LogP contribution in [0, 0.1) is 0 Å². The summed E-state index contributed by atoms with van der Waals surface area (Å²) >= 11 is 0. The van der Waals surface area contributed by atoms with Gasteiger partial charge in [0.2, 0.25) is 0 Å². The van der Waals surface area contributed by atoms with Gasteiger partial charge in [-0.1, -0.05) is 48.5 Å². The largest absolute Gasteiger partial charge is 0.351 e. The zero-order valence-corrected chi connectivity index (χ0v) is 12.8. The number of carbonyl (C=O) groups is 1. The normalized spacial score (nSPS) is 27.9. The molecule has 110 valence electrons. The number of carbonyl (C=O) groups excluding carboxylic acids is 1. The third-order valence-corrected chi connectivity index (χ3v) is 4.77. The molecule has 2 aliphatic rings. The molecule has 2 heterocycles. The Hall–Kier alpha value is -2.19. The molecule has 2 unspecified atom stereocenters. The lowest BCUT2D eigenvalue weighted by molar-refractivity contribution is -0.0497. The van der Waals surface area contributed by atoms with E-state index in [-0.39, 0.29) is 11.4 Å². The van der Waals surface area contributed by atoms with E-state index in [1.165, 1.54) is 11.1 Å². The Labute approximate surface area is 130 Å². The molecule has 2 heteroatoms. The quantitative estimate of drug-likeness (QED) is 0.627. The van der Waals surface area contributed by atoms with Crippen molar-refractivity contribution in [1.29, 1.82) is 0 Å². The zero-order valence-electron chi connectivity index (χ0n) is 12.8. The van der Waals surface area contributed by atoms with Gasteiger partial charge in [-0.05, 0) is 42.7 Å². The monoisotopic (exact) mass is 290 g/mol. The van der Waals surface area contributed by atoms with Gasteiger partial charge in [0.05, 0.1) is 0 Å². The van der Waals surface area contributed by atoms with E-state index in [1.807, 2.05) is 42.5 Å². The lowest BCUT2D eigenvalue weighted by atomic mass is 9.79. The zero-order chi connectivity index (χ0) is 15.4. The van der Waals surface area contributed by atoms with E-state index in [9.17, 15) is 4.79 Å². The van der Waals surface area contributed by atoms with Crippen LogP contribution in [-0.4, -0.2) is 5.78 Å². The maximum atomic E-state index is 12.5. The molecular formula is C20H18O2. The summed E-state index contributed by atoms with van der Waals surface area (Å²) in [7, 11) is 0. The van der Waals surface area contributed by atoms with Gasteiger partial charge in [-0.15, -0.1) is 0 Å². The van der Waals surface area contributed by atoms with Crippen molar-refractivity contribution < 1.29 is 9.53 Å². The van der Waals surface area contributed by atoms with Gasteiger partial charge in [0.25, 0.3) is 0 Å². The lowest BCUT2D eigenvalue weighted by Crippen LogP contribution is -2.19.